The van der Waals surface area contributed by atoms with Gasteiger partial charge in [0.1, 0.15) is 0 Å². The Hall–Kier alpha value is -1.80. The number of anilines is 2. The molecule has 0 aliphatic rings. The maximum atomic E-state index is 6.02. The van der Waals surface area contributed by atoms with Crippen LogP contribution >= 0.6 is 0 Å². The van der Waals surface area contributed by atoms with Crippen molar-refractivity contribution in [3.8, 4) is 0 Å². The minimum absolute atomic E-state index is 0.140. The van der Waals surface area contributed by atoms with E-state index < -0.39 is 0 Å². The highest BCUT2D eigenvalue weighted by Gasteiger charge is 2.05. The summed E-state index contributed by atoms with van der Waals surface area (Å²) in [7, 11) is 2.07. The molecule has 2 N–H and O–H groups in total. The summed E-state index contributed by atoms with van der Waals surface area (Å²) in [5.74, 6) is 0. The zero-order valence-corrected chi connectivity index (χ0v) is 11.0. The van der Waals surface area contributed by atoms with Gasteiger partial charge in [-0.3, -0.25) is 0 Å². The van der Waals surface area contributed by atoms with E-state index in [1.807, 2.05) is 18.2 Å². The number of benzene rings is 2. The van der Waals surface area contributed by atoms with Gasteiger partial charge in [-0.25, -0.2) is 0 Å². The van der Waals surface area contributed by atoms with Crippen molar-refractivity contribution in [3.63, 3.8) is 0 Å². The second-order valence-electron chi connectivity index (χ2n) is 4.50. The van der Waals surface area contributed by atoms with E-state index in [4.69, 9.17) is 5.73 Å². The van der Waals surface area contributed by atoms with Crippen molar-refractivity contribution >= 4 is 11.4 Å². The first kappa shape index (κ1) is 12.7. The monoisotopic (exact) mass is 240 g/mol. The van der Waals surface area contributed by atoms with Crippen LogP contribution in [0.4, 0.5) is 11.4 Å². The Morgan fingerprint density at radius 2 is 1.50 bits per heavy atom. The Morgan fingerprint density at radius 3 is 2.06 bits per heavy atom. The number of nitrogens with two attached hydrogens (primary N) is 1. The van der Waals surface area contributed by atoms with Gasteiger partial charge in [0.25, 0.3) is 0 Å². The molecule has 0 saturated heterocycles. The van der Waals surface area contributed by atoms with E-state index in [9.17, 15) is 0 Å². The molecule has 2 heteroatoms. The summed E-state index contributed by atoms with van der Waals surface area (Å²) < 4.78 is 0. The number of rotatable bonds is 4. The molecule has 2 nitrogen and oxygen atoms in total. The van der Waals surface area contributed by atoms with Crippen molar-refractivity contribution in [2.24, 2.45) is 5.73 Å². The third-order valence-electron chi connectivity index (χ3n) is 3.29. The lowest BCUT2D eigenvalue weighted by atomic mass is 10.1. The van der Waals surface area contributed by atoms with Crippen molar-refractivity contribution in [2.45, 2.75) is 19.4 Å². The molecule has 0 amide bonds. The zero-order chi connectivity index (χ0) is 13.0. The number of hydrogen-bond acceptors (Lipinski definition) is 2. The molecule has 18 heavy (non-hydrogen) atoms. The third kappa shape index (κ3) is 2.71. The second-order valence-corrected chi connectivity index (χ2v) is 4.50. The molecule has 2 rings (SSSR count). The Bertz CT molecular complexity index is 476. The molecule has 0 aliphatic heterocycles. The number of para-hydroxylation sites is 1. The fourth-order valence-electron chi connectivity index (χ4n) is 1.98. The summed E-state index contributed by atoms with van der Waals surface area (Å²) in [4.78, 5) is 2.17. The van der Waals surface area contributed by atoms with Crippen LogP contribution in [0, 0.1) is 0 Å². The summed E-state index contributed by atoms with van der Waals surface area (Å²) in [6.07, 6.45) is 0.966. The molecular weight excluding hydrogens is 220 g/mol. The van der Waals surface area contributed by atoms with Gasteiger partial charge in [0.05, 0.1) is 0 Å². The SMILES string of the molecule is CC[C@@H](N)c1ccc(N(C)c2ccccc2)cc1. The molecule has 0 bridgehead atoms. The maximum Gasteiger partial charge on any atom is 0.0408 e. The van der Waals surface area contributed by atoms with E-state index in [-0.39, 0.29) is 6.04 Å². The van der Waals surface area contributed by atoms with E-state index in [1.54, 1.807) is 0 Å². The van der Waals surface area contributed by atoms with E-state index in [0.29, 0.717) is 0 Å². The molecular formula is C16H20N2. The molecule has 0 radical (unpaired) electrons. The highest BCUT2D eigenvalue weighted by molar-refractivity contribution is 5.62. The summed E-state index contributed by atoms with van der Waals surface area (Å²) in [5, 5.41) is 0. The largest absolute Gasteiger partial charge is 0.345 e. The molecule has 0 aromatic heterocycles. The first-order chi connectivity index (χ1) is 8.72. The van der Waals surface area contributed by atoms with E-state index in [0.717, 1.165) is 6.42 Å². The van der Waals surface area contributed by atoms with Crippen LogP contribution in [-0.4, -0.2) is 7.05 Å². The standard InChI is InChI=1S/C16H20N2/c1-3-16(17)13-9-11-15(12-10-13)18(2)14-7-5-4-6-8-14/h4-12,16H,3,17H2,1-2H3/t16-/m1/s1. The summed E-state index contributed by atoms with van der Waals surface area (Å²) in [6, 6.07) is 18.9. The van der Waals surface area contributed by atoms with Crippen LogP contribution in [0.2, 0.25) is 0 Å². The summed E-state index contributed by atoms with van der Waals surface area (Å²) in [5.41, 5.74) is 9.57. The molecule has 2 aromatic rings. The van der Waals surface area contributed by atoms with Gasteiger partial charge in [-0.1, -0.05) is 37.3 Å². The van der Waals surface area contributed by atoms with Crippen molar-refractivity contribution < 1.29 is 0 Å². The zero-order valence-electron chi connectivity index (χ0n) is 11.0. The Balaban J connectivity index is 2.19. The van der Waals surface area contributed by atoms with Crippen LogP contribution in [0.1, 0.15) is 24.9 Å². The topological polar surface area (TPSA) is 29.3 Å². The minimum atomic E-state index is 0.140. The Morgan fingerprint density at radius 1 is 0.944 bits per heavy atom. The fraction of sp³-hybridized carbons (Fsp3) is 0.250. The highest BCUT2D eigenvalue weighted by atomic mass is 15.1. The van der Waals surface area contributed by atoms with Crippen molar-refractivity contribution in [1.82, 2.24) is 0 Å². The molecule has 0 saturated carbocycles. The summed E-state index contributed by atoms with van der Waals surface area (Å²) >= 11 is 0. The van der Waals surface area contributed by atoms with E-state index in [1.165, 1.54) is 16.9 Å². The van der Waals surface area contributed by atoms with Crippen LogP contribution in [-0.2, 0) is 0 Å². The van der Waals surface area contributed by atoms with Crippen LogP contribution in [0.5, 0.6) is 0 Å². The molecule has 0 unspecified atom stereocenters. The van der Waals surface area contributed by atoms with Gasteiger partial charge in [-0.15, -0.1) is 0 Å². The lowest BCUT2D eigenvalue weighted by Gasteiger charge is -2.20. The van der Waals surface area contributed by atoms with E-state index >= 15 is 0 Å². The second kappa shape index (κ2) is 5.69. The normalized spacial score (nSPS) is 12.2. The predicted molar refractivity (Wildman–Crippen MR) is 78.2 cm³/mol. The number of hydrogen-bond donors (Lipinski definition) is 1. The van der Waals surface area contributed by atoms with Crippen molar-refractivity contribution in [3.05, 3.63) is 60.2 Å². The molecule has 2 aromatic carbocycles. The van der Waals surface area contributed by atoms with Gasteiger partial charge in [0.15, 0.2) is 0 Å². The molecule has 0 heterocycles. The van der Waals surface area contributed by atoms with Gasteiger partial charge in [-0.05, 0) is 36.2 Å². The number of nitrogens with zero attached hydrogens (tertiary/aromatic N) is 1. The van der Waals surface area contributed by atoms with Crippen LogP contribution in [0.25, 0.3) is 0 Å². The fourth-order valence-corrected chi connectivity index (χ4v) is 1.98. The van der Waals surface area contributed by atoms with Crippen molar-refractivity contribution in [2.75, 3.05) is 11.9 Å². The smallest absolute Gasteiger partial charge is 0.0408 e. The molecule has 0 aliphatic carbocycles. The third-order valence-corrected chi connectivity index (χ3v) is 3.29. The first-order valence-corrected chi connectivity index (χ1v) is 6.36. The summed E-state index contributed by atoms with van der Waals surface area (Å²) in [6.45, 7) is 2.11. The molecule has 94 valence electrons. The molecule has 1 atom stereocenters. The first-order valence-electron chi connectivity index (χ1n) is 6.36. The average molecular weight is 240 g/mol. The van der Waals surface area contributed by atoms with Gasteiger partial charge < -0.3 is 10.6 Å². The lowest BCUT2D eigenvalue weighted by molar-refractivity contribution is 0.699. The molecule has 0 fully saturated rings. The van der Waals surface area contributed by atoms with Crippen LogP contribution in [0.3, 0.4) is 0 Å². The van der Waals surface area contributed by atoms with Gasteiger partial charge >= 0.3 is 0 Å². The van der Waals surface area contributed by atoms with Crippen molar-refractivity contribution in [1.29, 1.82) is 0 Å². The average Bonchev–Trinajstić information content (AvgIpc) is 2.47. The highest BCUT2D eigenvalue weighted by Crippen LogP contribution is 2.24. The van der Waals surface area contributed by atoms with Crippen LogP contribution < -0.4 is 10.6 Å². The van der Waals surface area contributed by atoms with E-state index in [2.05, 4.69) is 55.3 Å². The van der Waals surface area contributed by atoms with Gasteiger partial charge in [0.2, 0.25) is 0 Å². The minimum Gasteiger partial charge on any atom is -0.345 e. The van der Waals surface area contributed by atoms with Crippen LogP contribution in [0.15, 0.2) is 54.6 Å². The Kier molecular flexibility index (Phi) is 4.00. The molecule has 0 spiro atoms. The lowest BCUT2D eigenvalue weighted by Crippen LogP contribution is -2.11. The van der Waals surface area contributed by atoms with Gasteiger partial charge in [0, 0.05) is 24.5 Å². The quantitative estimate of drug-likeness (QED) is 0.879. The predicted octanol–water partition coefficient (Wildman–Crippen LogP) is 3.86. The van der Waals surface area contributed by atoms with Gasteiger partial charge in [-0.2, -0.15) is 0 Å². The maximum absolute atomic E-state index is 6.02. The Labute approximate surface area is 109 Å².